The van der Waals surface area contributed by atoms with Gasteiger partial charge < -0.3 is 9.84 Å². The van der Waals surface area contributed by atoms with Gasteiger partial charge in [-0.05, 0) is 18.9 Å². The monoisotopic (exact) mass is 182 g/mol. The van der Waals surface area contributed by atoms with Crippen molar-refractivity contribution in [2.45, 2.75) is 25.5 Å². The largest absolute Gasteiger partial charge is 0.390 e. The van der Waals surface area contributed by atoms with E-state index in [-0.39, 0.29) is 6.61 Å². The van der Waals surface area contributed by atoms with Crippen LogP contribution in [0.15, 0.2) is 12.3 Å². The first kappa shape index (κ1) is 8.72. The first-order valence-electron chi connectivity index (χ1n) is 4.63. The average molecular weight is 182 g/mol. The zero-order valence-electron chi connectivity index (χ0n) is 7.52. The van der Waals surface area contributed by atoms with Gasteiger partial charge in [-0.2, -0.15) is 5.10 Å². The van der Waals surface area contributed by atoms with Gasteiger partial charge in [-0.3, -0.25) is 4.68 Å². The van der Waals surface area contributed by atoms with Gasteiger partial charge in [-0.15, -0.1) is 0 Å². The smallest absolute Gasteiger partial charge is 0.0850 e. The highest BCUT2D eigenvalue weighted by atomic mass is 16.5. The Hall–Kier alpha value is -0.870. The molecule has 0 spiro atoms. The van der Waals surface area contributed by atoms with E-state index < -0.39 is 0 Å². The molecule has 0 unspecified atom stereocenters. The third kappa shape index (κ3) is 1.73. The minimum atomic E-state index is 0.0668. The van der Waals surface area contributed by atoms with E-state index in [1.54, 1.807) is 6.20 Å². The van der Waals surface area contributed by atoms with Gasteiger partial charge in [0.05, 0.1) is 18.3 Å². The number of aromatic nitrogens is 2. The first-order chi connectivity index (χ1) is 6.42. The maximum Gasteiger partial charge on any atom is 0.0850 e. The number of aliphatic hydroxyl groups is 1. The van der Waals surface area contributed by atoms with Crippen LogP contribution in [0.2, 0.25) is 0 Å². The van der Waals surface area contributed by atoms with Gasteiger partial charge in [0.2, 0.25) is 0 Å². The van der Waals surface area contributed by atoms with E-state index in [2.05, 4.69) is 5.10 Å². The molecule has 0 radical (unpaired) electrons. The zero-order chi connectivity index (χ0) is 9.10. The fourth-order valence-corrected chi connectivity index (χ4v) is 1.73. The second-order valence-electron chi connectivity index (χ2n) is 3.27. The summed E-state index contributed by atoms with van der Waals surface area (Å²) in [6.45, 7) is 1.67. The van der Waals surface area contributed by atoms with Gasteiger partial charge in [-0.1, -0.05) is 0 Å². The molecule has 1 aliphatic rings. The molecule has 1 N–H and O–H groups in total. The lowest BCUT2D eigenvalue weighted by atomic mass is 10.1. The van der Waals surface area contributed by atoms with Crippen molar-refractivity contribution in [2.75, 3.05) is 13.2 Å². The van der Waals surface area contributed by atoms with E-state index in [9.17, 15) is 0 Å². The molecule has 0 aromatic carbocycles. The van der Waals surface area contributed by atoms with Gasteiger partial charge in [0, 0.05) is 19.4 Å². The zero-order valence-corrected chi connectivity index (χ0v) is 7.52. The van der Waals surface area contributed by atoms with Crippen molar-refractivity contribution in [1.82, 2.24) is 9.78 Å². The maximum absolute atomic E-state index is 9.05. The number of hydrogen-bond donors (Lipinski definition) is 1. The molecule has 4 nitrogen and oxygen atoms in total. The highest BCUT2D eigenvalue weighted by Crippen LogP contribution is 2.21. The Labute approximate surface area is 77.1 Å². The average Bonchev–Trinajstić information content (AvgIpc) is 2.67. The Morgan fingerprint density at radius 3 is 3.00 bits per heavy atom. The molecule has 0 bridgehead atoms. The summed E-state index contributed by atoms with van der Waals surface area (Å²) in [4.78, 5) is 0. The lowest BCUT2D eigenvalue weighted by molar-refractivity contribution is 0.0641. The van der Waals surface area contributed by atoms with Crippen LogP contribution in [0.3, 0.4) is 0 Å². The van der Waals surface area contributed by atoms with Crippen molar-refractivity contribution in [2.24, 2.45) is 0 Å². The number of hydrogen-bond acceptors (Lipinski definition) is 3. The number of rotatable bonds is 2. The molecule has 0 atom stereocenters. The van der Waals surface area contributed by atoms with Gasteiger partial charge in [0.15, 0.2) is 0 Å². The normalized spacial score (nSPS) is 19.2. The highest BCUT2D eigenvalue weighted by Gasteiger charge is 2.17. The Balaban J connectivity index is 2.13. The molecule has 4 heteroatoms. The SMILES string of the molecule is OCc1ccnn1C1CCOCC1. The topological polar surface area (TPSA) is 47.3 Å². The van der Waals surface area contributed by atoms with Crippen molar-refractivity contribution in [3.8, 4) is 0 Å². The Morgan fingerprint density at radius 1 is 1.54 bits per heavy atom. The minimum absolute atomic E-state index is 0.0668. The van der Waals surface area contributed by atoms with Crippen LogP contribution in [-0.2, 0) is 11.3 Å². The molecule has 1 aliphatic heterocycles. The highest BCUT2D eigenvalue weighted by molar-refractivity contribution is 5.00. The second kappa shape index (κ2) is 3.89. The third-order valence-electron chi connectivity index (χ3n) is 2.45. The van der Waals surface area contributed by atoms with Crippen LogP contribution in [0.5, 0.6) is 0 Å². The molecule has 13 heavy (non-hydrogen) atoms. The molecule has 0 saturated carbocycles. The van der Waals surface area contributed by atoms with Crippen molar-refractivity contribution in [1.29, 1.82) is 0 Å². The Bertz CT molecular complexity index is 266. The molecule has 1 aromatic rings. The van der Waals surface area contributed by atoms with E-state index in [0.29, 0.717) is 6.04 Å². The lowest BCUT2D eigenvalue weighted by Gasteiger charge is -2.23. The van der Waals surface area contributed by atoms with E-state index >= 15 is 0 Å². The summed E-state index contributed by atoms with van der Waals surface area (Å²) in [6.07, 6.45) is 3.73. The quantitative estimate of drug-likeness (QED) is 0.733. The van der Waals surface area contributed by atoms with E-state index in [0.717, 1.165) is 31.7 Å². The standard InChI is InChI=1S/C9H14N2O2/c12-7-9-1-4-10-11(9)8-2-5-13-6-3-8/h1,4,8,12H,2-3,5-7H2. The first-order valence-corrected chi connectivity index (χ1v) is 4.63. The molecule has 0 aliphatic carbocycles. The summed E-state index contributed by atoms with van der Waals surface area (Å²) >= 11 is 0. The van der Waals surface area contributed by atoms with Crippen molar-refractivity contribution >= 4 is 0 Å². The molecule has 72 valence electrons. The van der Waals surface area contributed by atoms with Crippen LogP contribution >= 0.6 is 0 Å². The van der Waals surface area contributed by atoms with E-state index in [1.165, 1.54) is 0 Å². The number of ether oxygens (including phenoxy) is 1. The summed E-state index contributed by atoms with van der Waals surface area (Å²) < 4.78 is 7.19. The molecular weight excluding hydrogens is 168 g/mol. The van der Waals surface area contributed by atoms with E-state index in [1.807, 2.05) is 10.7 Å². The van der Waals surface area contributed by atoms with Crippen molar-refractivity contribution in [3.63, 3.8) is 0 Å². The van der Waals surface area contributed by atoms with Crippen LogP contribution < -0.4 is 0 Å². The van der Waals surface area contributed by atoms with Crippen LogP contribution in [0.4, 0.5) is 0 Å². The molecule has 0 amide bonds. The van der Waals surface area contributed by atoms with Gasteiger partial charge in [0.25, 0.3) is 0 Å². The third-order valence-corrected chi connectivity index (χ3v) is 2.45. The Morgan fingerprint density at radius 2 is 2.31 bits per heavy atom. The summed E-state index contributed by atoms with van der Waals surface area (Å²) in [5.74, 6) is 0. The molecule has 2 heterocycles. The predicted molar refractivity (Wildman–Crippen MR) is 47.2 cm³/mol. The molecule has 1 saturated heterocycles. The van der Waals surface area contributed by atoms with Gasteiger partial charge >= 0.3 is 0 Å². The van der Waals surface area contributed by atoms with E-state index in [4.69, 9.17) is 9.84 Å². The van der Waals surface area contributed by atoms with Crippen LogP contribution in [0.1, 0.15) is 24.6 Å². The van der Waals surface area contributed by atoms with Gasteiger partial charge in [0.1, 0.15) is 0 Å². The Kier molecular flexibility index (Phi) is 2.61. The second-order valence-corrected chi connectivity index (χ2v) is 3.27. The molecule has 2 rings (SSSR count). The molecule has 1 fully saturated rings. The fraction of sp³-hybridized carbons (Fsp3) is 0.667. The summed E-state index contributed by atoms with van der Waals surface area (Å²) in [6, 6.07) is 2.26. The summed E-state index contributed by atoms with van der Waals surface area (Å²) in [7, 11) is 0. The number of aliphatic hydroxyl groups excluding tert-OH is 1. The van der Waals surface area contributed by atoms with Gasteiger partial charge in [-0.25, -0.2) is 0 Å². The molecular formula is C9H14N2O2. The summed E-state index contributed by atoms with van der Waals surface area (Å²) in [5, 5.41) is 13.3. The van der Waals surface area contributed by atoms with Crippen LogP contribution in [0.25, 0.3) is 0 Å². The minimum Gasteiger partial charge on any atom is -0.390 e. The van der Waals surface area contributed by atoms with Crippen molar-refractivity contribution < 1.29 is 9.84 Å². The van der Waals surface area contributed by atoms with Crippen molar-refractivity contribution in [3.05, 3.63) is 18.0 Å². The number of nitrogens with zero attached hydrogens (tertiary/aromatic N) is 2. The van der Waals surface area contributed by atoms with Crippen LogP contribution in [0, 0.1) is 0 Å². The van der Waals surface area contributed by atoms with Crippen LogP contribution in [-0.4, -0.2) is 28.1 Å². The molecule has 1 aromatic heterocycles. The predicted octanol–water partition coefficient (Wildman–Crippen LogP) is 0.727. The lowest BCUT2D eigenvalue weighted by Crippen LogP contribution is -2.21. The summed E-state index contributed by atoms with van der Waals surface area (Å²) in [5.41, 5.74) is 0.895. The fourth-order valence-electron chi connectivity index (χ4n) is 1.73. The maximum atomic E-state index is 9.05.